The molecule has 1 aliphatic carbocycles. The van der Waals surface area contributed by atoms with E-state index in [0.29, 0.717) is 22.9 Å². The number of hydrogen-bond donors (Lipinski definition) is 2. The second kappa shape index (κ2) is 5.10. The summed E-state index contributed by atoms with van der Waals surface area (Å²) in [5, 5.41) is 3.43. The van der Waals surface area contributed by atoms with Crippen LogP contribution in [0.3, 0.4) is 0 Å². The topological polar surface area (TPSA) is 72.2 Å². The molecule has 0 bridgehead atoms. The first kappa shape index (κ1) is 13.1. The van der Waals surface area contributed by atoms with Crippen LogP contribution in [0.1, 0.15) is 47.5 Å². The van der Waals surface area contributed by atoms with Crippen molar-refractivity contribution in [1.82, 2.24) is 0 Å². The maximum absolute atomic E-state index is 11.6. The number of rotatable bonds is 3. The number of nitrogens with two attached hydrogens (primary N) is 1. The van der Waals surface area contributed by atoms with Crippen LogP contribution in [0.25, 0.3) is 0 Å². The maximum atomic E-state index is 11.6. The zero-order valence-electron chi connectivity index (χ0n) is 10.7. The van der Waals surface area contributed by atoms with E-state index in [-0.39, 0.29) is 5.91 Å². The fourth-order valence-electron chi connectivity index (χ4n) is 2.32. The molecule has 18 heavy (non-hydrogen) atoms. The summed E-state index contributed by atoms with van der Waals surface area (Å²) in [6.07, 6.45) is 3.39. The summed E-state index contributed by atoms with van der Waals surface area (Å²) in [4.78, 5) is 24.3. The number of aryl methyl sites for hydroxylation is 1. The molecule has 0 aromatic carbocycles. The van der Waals surface area contributed by atoms with Crippen LogP contribution < -0.4 is 11.1 Å². The van der Waals surface area contributed by atoms with Crippen molar-refractivity contribution in [1.29, 1.82) is 0 Å². The Morgan fingerprint density at radius 2 is 2.22 bits per heavy atom. The highest BCUT2D eigenvalue weighted by molar-refractivity contribution is 7.17. The fraction of sp³-hybridized carbons (Fsp3) is 0.538. The summed E-state index contributed by atoms with van der Waals surface area (Å²) >= 11 is 1.50. The van der Waals surface area contributed by atoms with Gasteiger partial charge in [-0.25, -0.2) is 0 Å². The van der Waals surface area contributed by atoms with Crippen LogP contribution in [0.15, 0.2) is 0 Å². The molecular formula is C13H18N2O2S. The first-order valence-electron chi connectivity index (χ1n) is 6.27. The van der Waals surface area contributed by atoms with Gasteiger partial charge in [0, 0.05) is 11.3 Å². The highest BCUT2D eigenvalue weighted by Crippen LogP contribution is 2.39. The lowest BCUT2D eigenvalue weighted by Gasteiger charge is -2.18. The van der Waals surface area contributed by atoms with Crippen LogP contribution in [-0.2, 0) is 17.6 Å². The normalized spacial score (nSPS) is 18.2. The van der Waals surface area contributed by atoms with E-state index in [9.17, 15) is 9.59 Å². The van der Waals surface area contributed by atoms with Gasteiger partial charge in [0.2, 0.25) is 5.91 Å². The number of thiophene rings is 1. The van der Waals surface area contributed by atoms with Crippen molar-refractivity contribution in [2.24, 2.45) is 11.7 Å². The van der Waals surface area contributed by atoms with Gasteiger partial charge in [-0.3, -0.25) is 9.59 Å². The van der Waals surface area contributed by atoms with Crippen LogP contribution >= 0.6 is 11.3 Å². The van der Waals surface area contributed by atoms with Crippen molar-refractivity contribution in [3.8, 4) is 0 Å². The van der Waals surface area contributed by atoms with Crippen molar-refractivity contribution < 1.29 is 9.59 Å². The Balaban J connectivity index is 2.41. The Morgan fingerprint density at radius 1 is 1.50 bits per heavy atom. The lowest BCUT2D eigenvalue weighted by molar-refractivity contribution is -0.115. The summed E-state index contributed by atoms with van der Waals surface area (Å²) in [6.45, 7) is 3.96. The SMILES string of the molecule is CCC(=O)Nc1sc2c(c1C(N)=O)C[C@H](C)CC2. The minimum Gasteiger partial charge on any atom is -0.365 e. The third-order valence-electron chi connectivity index (χ3n) is 3.33. The lowest BCUT2D eigenvalue weighted by atomic mass is 9.87. The number of hydrogen-bond acceptors (Lipinski definition) is 3. The van der Waals surface area contributed by atoms with Crippen molar-refractivity contribution >= 4 is 28.2 Å². The van der Waals surface area contributed by atoms with E-state index in [1.165, 1.54) is 16.2 Å². The van der Waals surface area contributed by atoms with Crippen LogP contribution in [0.2, 0.25) is 0 Å². The Kier molecular flexibility index (Phi) is 3.71. The minimum absolute atomic E-state index is 0.0795. The Hall–Kier alpha value is -1.36. The number of primary amides is 1. The van der Waals surface area contributed by atoms with Crippen molar-refractivity contribution in [2.75, 3.05) is 5.32 Å². The number of nitrogens with one attached hydrogen (secondary N) is 1. The quantitative estimate of drug-likeness (QED) is 0.881. The molecule has 0 spiro atoms. The van der Waals surface area contributed by atoms with E-state index in [4.69, 9.17) is 5.73 Å². The second-order valence-corrected chi connectivity index (χ2v) is 5.93. The maximum Gasteiger partial charge on any atom is 0.251 e. The molecule has 2 amide bonds. The highest BCUT2D eigenvalue weighted by Gasteiger charge is 2.27. The molecule has 0 unspecified atom stereocenters. The van der Waals surface area contributed by atoms with E-state index in [2.05, 4.69) is 12.2 Å². The summed E-state index contributed by atoms with van der Waals surface area (Å²) < 4.78 is 0. The van der Waals surface area contributed by atoms with Gasteiger partial charge < -0.3 is 11.1 Å². The molecule has 1 heterocycles. The summed E-state index contributed by atoms with van der Waals surface area (Å²) in [5.41, 5.74) is 7.05. The molecule has 0 aliphatic heterocycles. The van der Waals surface area contributed by atoms with E-state index < -0.39 is 5.91 Å². The predicted octanol–water partition coefficient (Wildman–Crippen LogP) is 2.32. The van der Waals surface area contributed by atoms with Crippen LogP contribution in [0, 0.1) is 5.92 Å². The monoisotopic (exact) mass is 266 g/mol. The number of anilines is 1. The molecule has 1 aliphatic rings. The van der Waals surface area contributed by atoms with Crippen molar-refractivity contribution in [2.45, 2.75) is 39.5 Å². The van der Waals surface area contributed by atoms with Gasteiger partial charge in [0.15, 0.2) is 0 Å². The highest BCUT2D eigenvalue weighted by atomic mass is 32.1. The summed E-state index contributed by atoms with van der Waals surface area (Å²) in [5.74, 6) is 0.0528. The molecule has 5 heteroatoms. The summed E-state index contributed by atoms with van der Waals surface area (Å²) in [6, 6.07) is 0. The van der Waals surface area contributed by atoms with Gasteiger partial charge >= 0.3 is 0 Å². The third kappa shape index (κ3) is 2.41. The van der Waals surface area contributed by atoms with Gasteiger partial charge in [-0.05, 0) is 30.7 Å². The van der Waals surface area contributed by atoms with Crippen LogP contribution in [-0.4, -0.2) is 11.8 Å². The second-order valence-electron chi connectivity index (χ2n) is 4.82. The smallest absolute Gasteiger partial charge is 0.251 e. The lowest BCUT2D eigenvalue weighted by Crippen LogP contribution is -2.19. The number of carbonyl (C=O) groups excluding carboxylic acids is 2. The van der Waals surface area contributed by atoms with E-state index in [1.54, 1.807) is 6.92 Å². The predicted molar refractivity (Wildman–Crippen MR) is 72.9 cm³/mol. The molecule has 1 atom stereocenters. The Bertz CT molecular complexity index is 493. The van der Waals surface area contributed by atoms with Gasteiger partial charge in [0.1, 0.15) is 5.00 Å². The standard InChI is InChI=1S/C13H18N2O2S/c1-3-10(16)15-13-11(12(14)17)8-6-7(2)4-5-9(8)18-13/h7H,3-6H2,1-2H3,(H2,14,17)(H,15,16)/t7-/m1/s1. The molecule has 3 N–H and O–H groups in total. The average Bonchev–Trinajstić information content (AvgIpc) is 2.65. The number of carbonyl (C=O) groups is 2. The average molecular weight is 266 g/mol. The Morgan fingerprint density at radius 3 is 2.83 bits per heavy atom. The van der Waals surface area contributed by atoms with Gasteiger partial charge in [0.25, 0.3) is 5.91 Å². The van der Waals surface area contributed by atoms with Gasteiger partial charge in [-0.15, -0.1) is 11.3 Å². The van der Waals surface area contributed by atoms with Gasteiger partial charge in [-0.2, -0.15) is 0 Å². The molecule has 1 aromatic heterocycles. The molecule has 0 saturated heterocycles. The zero-order valence-corrected chi connectivity index (χ0v) is 11.5. The van der Waals surface area contributed by atoms with Crippen LogP contribution in [0.4, 0.5) is 5.00 Å². The first-order chi connectivity index (χ1) is 8.52. The molecule has 0 saturated carbocycles. The molecule has 1 aromatic rings. The van der Waals surface area contributed by atoms with E-state index >= 15 is 0 Å². The third-order valence-corrected chi connectivity index (χ3v) is 4.54. The first-order valence-corrected chi connectivity index (χ1v) is 7.08. The molecule has 0 radical (unpaired) electrons. The number of amides is 2. The minimum atomic E-state index is -0.437. The Labute approximate surface area is 111 Å². The van der Waals surface area contributed by atoms with Gasteiger partial charge in [-0.1, -0.05) is 13.8 Å². The largest absolute Gasteiger partial charge is 0.365 e. The molecule has 4 nitrogen and oxygen atoms in total. The molecular weight excluding hydrogens is 248 g/mol. The molecule has 0 fully saturated rings. The summed E-state index contributed by atoms with van der Waals surface area (Å²) in [7, 11) is 0. The molecule has 98 valence electrons. The number of fused-ring (bicyclic) bond motifs is 1. The zero-order chi connectivity index (χ0) is 13.3. The van der Waals surface area contributed by atoms with E-state index in [1.807, 2.05) is 0 Å². The molecule has 2 rings (SSSR count). The van der Waals surface area contributed by atoms with Gasteiger partial charge in [0.05, 0.1) is 5.56 Å². The fourth-order valence-corrected chi connectivity index (χ4v) is 3.59. The van der Waals surface area contributed by atoms with Crippen LogP contribution in [0.5, 0.6) is 0 Å². The van der Waals surface area contributed by atoms with E-state index in [0.717, 1.165) is 24.8 Å². The van der Waals surface area contributed by atoms with Crippen molar-refractivity contribution in [3.05, 3.63) is 16.0 Å². The van der Waals surface area contributed by atoms with Crippen molar-refractivity contribution in [3.63, 3.8) is 0 Å².